The maximum absolute atomic E-state index is 12.8. The van der Waals surface area contributed by atoms with Gasteiger partial charge in [0.2, 0.25) is 0 Å². The molecule has 0 aliphatic heterocycles. The summed E-state index contributed by atoms with van der Waals surface area (Å²) in [5.74, 6) is -0.288. The first-order chi connectivity index (χ1) is 28.1. The van der Waals surface area contributed by atoms with E-state index in [1.807, 2.05) is 53.6 Å². The van der Waals surface area contributed by atoms with Gasteiger partial charge >= 0.3 is 23.9 Å². The van der Waals surface area contributed by atoms with Crippen molar-refractivity contribution < 1.29 is 47.6 Å². The summed E-state index contributed by atoms with van der Waals surface area (Å²) in [5.41, 5.74) is -0.158. The van der Waals surface area contributed by atoms with Crippen LogP contribution in [0.15, 0.2) is 6.20 Å². The number of rotatable bonds is 32. The number of esters is 4. The fourth-order valence-electron chi connectivity index (χ4n) is 5.51. The van der Waals surface area contributed by atoms with Crippen LogP contribution in [0.1, 0.15) is 121 Å². The van der Waals surface area contributed by atoms with Crippen molar-refractivity contribution in [1.29, 1.82) is 0 Å². The summed E-state index contributed by atoms with van der Waals surface area (Å²) in [7, 11) is 5.87. The van der Waals surface area contributed by atoms with Crippen LogP contribution < -0.4 is 0 Å². The molecule has 0 aliphatic carbocycles. The smallest absolute Gasteiger partial charge is 0.309 e. The molecule has 350 valence electrons. The third-order valence-corrected chi connectivity index (χ3v) is 14.3. The first kappa shape index (κ1) is 56.7. The van der Waals surface area contributed by atoms with Gasteiger partial charge in [-0.1, -0.05) is 79.8 Å². The highest BCUT2D eigenvalue weighted by Gasteiger charge is 2.34. The maximum Gasteiger partial charge on any atom is 0.309 e. The van der Waals surface area contributed by atoms with Gasteiger partial charge in [-0.25, -0.2) is 0 Å². The topological polar surface area (TPSA) is 158 Å². The average molecular weight is 899 g/mol. The second kappa shape index (κ2) is 26.5. The average Bonchev–Trinajstić information content (AvgIpc) is 3.62. The lowest BCUT2D eigenvalue weighted by Gasteiger charge is -2.39. The molecule has 1 heterocycles. The Morgan fingerprint density at radius 1 is 0.770 bits per heavy atom. The summed E-state index contributed by atoms with van der Waals surface area (Å²) in [6, 6.07) is 0. The molecule has 0 N–H and O–H groups in total. The molecular weight excluding hydrogens is 818 g/mol. The number of ether oxygens (including phenoxy) is 6. The number of methoxy groups -OCH3 is 1. The summed E-state index contributed by atoms with van der Waals surface area (Å²) < 4.78 is 35.0. The monoisotopic (exact) mass is 899 g/mol. The van der Waals surface area contributed by atoms with E-state index in [1.165, 1.54) is 0 Å². The number of thioether (sulfide) groups is 2. The van der Waals surface area contributed by atoms with Crippen LogP contribution in [0.3, 0.4) is 0 Å². The highest BCUT2D eigenvalue weighted by atomic mass is 32.2. The summed E-state index contributed by atoms with van der Waals surface area (Å²) >= 11 is 3.50. The van der Waals surface area contributed by atoms with Crippen molar-refractivity contribution in [2.75, 3.05) is 64.7 Å². The summed E-state index contributed by atoms with van der Waals surface area (Å²) in [6.45, 7) is 28.9. The second-order valence-corrected chi connectivity index (χ2v) is 23.2. The first-order valence-corrected chi connectivity index (χ1v) is 23.8. The van der Waals surface area contributed by atoms with Crippen LogP contribution in [0.4, 0.5) is 0 Å². The predicted molar refractivity (Wildman–Crippen MR) is 250 cm³/mol. The molecule has 0 radical (unpaired) electrons. The zero-order valence-electron chi connectivity index (χ0n) is 40.6. The van der Waals surface area contributed by atoms with Crippen molar-refractivity contribution in [2.24, 2.45) is 17.8 Å². The number of carbonyl (C=O) groups is 4. The van der Waals surface area contributed by atoms with Gasteiger partial charge in [0, 0.05) is 66.0 Å². The third-order valence-electron chi connectivity index (χ3n) is 10.7. The quantitative estimate of drug-likeness (QED) is 0.0392. The lowest BCUT2D eigenvalue weighted by Crippen LogP contribution is -2.38. The molecule has 0 bridgehead atoms. The minimum atomic E-state index is -0.459. The molecule has 14 nitrogen and oxygen atoms in total. The van der Waals surface area contributed by atoms with Gasteiger partial charge in [-0.2, -0.15) is 23.5 Å². The molecule has 0 amide bonds. The van der Waals surface area contributed by atoms with Crippen molar-refractivity contribution in [1.82, 2.24) is 19.9 Å². The van der Waals surface area contributed by atoms with E-state index in [0.717, 1.165) is 6.42 Å². The van der Waals surface area contributed by atoms with Crippen LogP contribution in [0.5, 0.6) is 0 Å². The Kier molecular flexibility index (Phi) is 24.7. The number of aryl methyl sites for hydroxylation is 1. The number of aromatic nitrogens is 3. The predicted octanol–water partition coefficient (Wildman–Crippen LogP) is 5.39. The van der Waals surface area contributed by atoms with Crippen LogP contribution in [0, 0.1) is 17.8 Å². The minimum absolute atomic E-state index is 0.0185. The summed E-state index contributed by atoms with van der Waals surface area (Å²) in [5, 5.41) is 8.72. The SMILES string of the molecule is BC(C)(CCn1cc(CN(CCC(=O)OCCOC(=O)C(C)CSC(C)(C)CC(C)C)CCC(=O)OCCOC(=O)C(C)CSC(C)(C)C(B)(C)C)nn1)OCC(C)(C)OC. The summed E-state index contributed by atoms with van der Waals surface area (Å²) in [6.07, 6.45) is 3.66. The van der Waals surface area contributed by atoms with E-state index in [2.05, 4.69) is 73.5 Å². The van der Waals surface area contributed by atoms with Gasteiger partial charge in [0.15, 0.2) is 0 Å². The van der Waals surface area contributed by atoms with Crippen LogP contribution in [-0.2, 0) is 60.7 Å². The van der Waals surface area contributed by atoms with Crippen LogP contribution >= 0.6 is 23.5 Å². The molecule has 0 saturated heterocycles. The lowest BCUT2D eigenvalue weighted by molar-refractivity contribution is -0.154. The molecule has 0 fully saturated rings. The van der Waals surface area contributed by atoms with Crippen molar-refractivity contribution in [3.05, 3.63) is 11.9 Å². The Bertz CT molecular complexity index is 1490. The van der Waals surface area contributed by atoms with Crippen molar-refractivity contribution in [3.63, 3.8) is 0 Å². The van der Waals surface area contributed by atoms with Crippen LogP contribution in [-0.4, -0.2) is 145 Å². The number of carbonyl (C=O) groups excluding carboxylic acids is 4. The van der Waals surface area contributed by atoms with E-state index in [1.54, 1.807) is 35.3 Å². The lowest BCUT2D eigenvalue weighted by atomic mass is 9.64. The Labute approximate surface area is 378 Å². The minimum Gasteiger partial charge on any atom is -0.462 e. The van der Waals surface area contributed by atoms with Crippen molar-refractivity contribution >= 4 is 63.1 Å². The number of hydrogen-bond donors (Lipinski definition) is 0. The Morgan fingerprint density at radius 3 is 1.74 bits per heavy atom. The molecule has 1 rings (SSSR count). The molecule has 61 heavy (non-hydrogen) atoms. The summed E-state index contributed by atoms with van der Waals surface area (Å²) in [4.78, 5) is 52.6. The van der Waals surface area contributed by atoms with E-state index < -0.39 is 23.0 Å². The van der Waals surface area contributed by atoms with Gasteiger partial charge < -0.3 is 28.4 Å². The molecule has 0 saturated carbocycles. The largest absolute Gasteiger partial charge is 0.462 e. The maximum atomic E-state index is 12.8. The van der Waals surface area contributed by atoms with Gasteiger partial charge in [0.05, 0.1) is 42.6 Å². The Balaban J connectivity index is 2.73. The van der Waals surface area contributed by atoms with E-state index in [-0.39, 0.29) is 90.9 Å². The fraction of sp³-hybridized carbons (Fsp3) is 0.860. The first-order valence-electron chi connectivity index (χ1n) is 21.8. The second-order valence-electron chi connectivity index (χ2n) is 19.8. The van der Waals surface area contributed by atoms with Gasteiger partial charge in [0.1, 0.15) is 42.1 Å². The Morgan fingerprint density at radius 2 is 1.26 bits per heavy atom. The van der Waals surface area contributed by atoms with Gasteiger partial charge in [-0.3, -0.25) is 28.8 Å². The highest BCUT2D eigenvalue weighted by Crippen LogP contribution is 2.45. The van der Waals surface area contributed by atoms with E-state index >= 15 is 0 Å². The molecule has 18 heteroatoms. The van der Waals surface area contributed by atoms with Crippen LogP contribution in [0.2, 0.25) is 5.31 Å². The number of nitrogens with zero attached hydrogens (tertiary/aromatic N) is 4. The third kappa shape index (κ3) is 25.0. The van der Waals surface area contributed by atoms with E-state index in [0.29, 0.717) is 49.2 Å². The van der Waals surface area contributed by atoms with Gasteiger partial charge in [0.25, 0.3) is 0 Å². The normalized spacial score (nSPS) is 14.7. The molecule has 0 spiro atoms. The molecule has 3 atom stereocenters. The zero-order chi connectivity index (χ0) is 46.7. The zero-order valence-corrected chi connectivity index (χ0v) is 42.2. The fourth-order valence-corrected chi connectivity index (χ4v) is 8.03. The van der Waals surface area contributed by atoms with Crippen molar-refractivity contribution in [3.8, 4) is 0 Å². The molecule has 3 unspecified atom stereocenters. The van der Waals surface area contributed by atoms with Gasteiger partial charge in [-0.05, 0) is 39.5 Å². The molecule has 1 aromatic rings. The molecule has 0 aliphatic rings. The highest BCUT2D eigenvalue weighted by molar-refractivity contribution is 8.00. The molecular formula is C43H80B2N4O10S2. The van der Waals surface area contributed by atoms with Crippen molar-refractivity contribution in [2.45, 2.75) is 155 Å². The van der Waals surface area contributed by atoms with Crippen LogP contribution in [0.25, 0.3) is 0 Å². The standard InChI is InChI=1S/C43H80B2N4O10S2/c1-31(2)25-40(7,8)60-28-32(3)37(52)57-23-21-55-35(50)15-18-48(26-34-27-49(47-46-34)20-17-43(13,45)59-30-39(5,6)54-14)19-16-36(51)56-22-24-58-38(53)33(4)29-61-42(11,12)41(9,10)44/h27,31-33H,15-26,28-30,44-45H2,1-14H3. The molecule has 1 aromatic heterocycles. The number of hydrogen-bond acceptors (Lipinski definition) is 15. The van der Waals surface area contributed by atoms with E-state index in [9.17, 15) is 19.2 Å². The molecule has 0 aromatic carbocycles. The Hall–Kier alpha value is -2.27. The van der Waals surface area contributed by atoms with Gasteiger partial charge in [-0.15, -0.1) is 5.10 Å². The van der Waals surface area contributed by atoms with E-state index in [4.69, 9.17) is 28.4 Å².